The molecular weight excluding hydrogens is 472 g/mol. The molecule has 192 valence electrons. The first kappa shape index (κ1) is 25.9. The monoisotopic (exact) mass is 506 g/mol. The number of likely N-dealkylation sites (tertiary alicyclic amines) is 1. The maximum absolute atomic E-state index is 13.0. The van der Waals surface area contributed by atoms with Crippen molar-refractivity contribution in [3.05, 3.63) is 0 Å². The molecule has 0 aromatic rings. The fourth-order valence-electron chi connectivity index (χ4n) is 5.71. The fourth-order valence-corrected chi connectivity index (χ4v) is 6.63. The number of rotatable bonds is 8. The van der Waals surface area contributed by atoms with Gasteiger partial charge in [0, 0.05) is 37.6 Å². The predicted octanol–water partition coefficient (Wildman–Crippen LogP) is 2.80. The molecular formula is C25H34N2O7S. The van der Waals surface area contributed by atoms with Gasteiger partial charge in [0.25, 0.3) is 11.8 Å². The van der Waals surface area contributed by atoms with Crippen LogP contribution in [0, 0.1) is 17.8 Å². The molecule has 2 aliphatic heterocycles. The van der Waals surface area contributed by atoms with Crippen LogP contribution in [0.5, 0.6) is 0 Å². The molecule has 0 aromatic heterocycles. The van der Waals surface area contributed by atoms with Gasteiger partial charge in [0.05, 0.1) is 11.0 Å². The summed E-state index contributed by atoms with van der Waals surface area (Å²) < 4.78 is 0. The number of hydrogen-bond acceptors (Lipinski definition) is 8. The summed E-state index contributed by atoms with van der Waals surface area (Å²) in [6, 6.07) is 0. The summed E-state index contributed by atoms with van der Waals surface area (Å²) in [6.45, 7) is 0.361. The van der Waals surface area contributed by atoms with Crippen molar-refractivity contribution in [2.75, 3.05) is 12.3 Å². The number of imide groups is 2. The molecule has 0 radical (unpaired) electrons. The zero-order valence-corrected chi connectivity index (χ0v) is 20.9. The van der Waals surface area contributed by atoms with E-state index in [2.05, 4.69) is 0 Å². The van der Waals surface area contributed by atoms with Crippen molar-refractivity contribution in [2.45, 2.75) is 88.7 Å². The lowest BCUT2D eigenvalue weighted by atomic mass is 9.75. The number of carbonyl (C=O) groups is 6. The largest absolute Gasteiger partial charge is 0.343 e. The molecule has 4 fully saturated rings. The molecule has 0 N–H and O–H groups in total. The highest BCUT2D eigenvalue weighted by Gasteiger charge is 2.41. The minimum atomic E-state index is -0.797. The van der Waals surface area contributed by atoms with Gasteiger partial charge in [-0.1, -0.05) is 25.7 Å². The van der Waals surface area contributed by atoms with Gasteiger partial charge in [0.1, 0.15) is 5.78 Å². The Bertz CT molecular complexity index is 859. The first-order chi connectivity index (χ1) is 16.8. The number of Topliss-reactive ketones (excluding diaryl/α,β-unsaturated/α-hetero) is 1. The molecule has 10 heteroatoms. The van der Waals surface area contributed by atoms with E-state index >= 15 is 0 Å². The van der Waals surface area contributed by atoms with E-state index in [1.807, 2.05) is 0 Å². The maximum Gasteiger partial charge on any atom is 0.343 e. The highest BCUT2D eigenvalue weighted by Crippen LogP contribution is 2.36. The van der Waals surface area contributed by atoms with Gasteiger partial charge in [0.2, 0.25) is 11.8 Å². The molecule has 0 bridgehead atoms. The third-order valence-electron chi connectivity index (χ3n) is 7.75. The van der Waals surface area contributed by atoms with Gasteiger partial charge in [-0.25, -0.2) is 4.79 Å². The zero-order valence-electron chi connectivity index (χ0n) is 20.1. The van der Waals surface area contributed by atoms with E-state index in [0.29, 0.717) is 17.4 Å². The molecule has 1 atom stereocenters. The Morgan fingerprint density at radius 3 is 2.03 bits per heavy atom. The van der Waals surface area contributed by atoms with E-state index in [1.54, 1.807) is 0 Å². The Morgan fingerprint density at radius 2 is 1.40 bits per heavy atom. The molecule has 9 nitrogen and oxygen atoms in total. The predicted molar refractivity (Wildman–Crippen MR) is 126 cm³/mol. The molecule has 4 amide bonds. The van der Waals surface area contributed by atoms with E-state index in [-0.39, 0.29) is 54.6 Å². The SMILES string of the molecule is O=C(CSC1CC(=O)N(CC2CCC(C(=O)C3CCCCCC3)CC2)C1=O)ON1C(=O)CCC1=O. The van der Waals surface area contributed by atoms with Crippen LogP contribution in [0.15, 0.2) is 0 Å². The molecule has 0 spiro atoms. The van der Waals surface area contributed by atoms with Gasteiger partial charge in [-0.05, 0) is 44.4 Å². The summed E-state index contributed by atoms with van der Waals surface area (Å²) in [7, 11) is 0. The molecule has 2 saturated heterocycles. The van der Waals surface area contributed by atoms with Crippen molar-refractivity contribution in [3.63, 3.8) is 0 Å². The molecule has 2 saturated carbocycles. The van der Waals surface area contributed by atoms with Crippen LogP contribution in [0.2, 0.25) is 0 Å². The number of ketones is 1. The number of thioether (sulfide) groups is 1. The van der Waals surface area contributed by atoms with Crippen LogP contribution < -0.4 is 0 Å². The smallest absolute Gasteiger partial charge is 0.329 e. The normalized spacial score (nSPS) is 28.5. The summed E-state index contributed by atoms with van der Waals surface area (Å²) in [5.74, 6) is -1.75. The Labute approximate surface area is 209 Å². The first-order valence-electron chi connectivity index (χ1n) is 12.9. The van der Waals surface area contributed by atoms with Gasteiger partial charge < -0.3 is 4.84 Å². The van der Waals surface area contributed by atoms with Gasteiger partial charge in [-0.2, -0.15) is 0 Å². The standard InChI is InChI=1S/C25H34N2O7S/c28-20-11-12-21(29)27(20)34-23(31)15-35-19-13-22(30)26(25(19)33)14-16-7-9-18(10-8-16)24(32)17-5-3-1-2-4-6-17/h16-19H,1-15H2. The van der Waals surface area contributed by atoms with Crippen LogP contribution >= 0.6 is 11.8 Å². The molecule has 1 unspecified atom stereocenters. The van der Waals surface area contributed by atoms with Gasteiger partial charge in [-0.15, -0.1) is 16.8 Å². The Kier molecular flexibility index (Phi) is 8.62. The van der Waals surface area contributed by atoms with Gasteiger partial charge >= 0.3 is 5.97 Å². The van der Waals surface area contributed by atoms with Crippen molar-refractivity contribution >= 4 is 47.1 Å². The van der Waals surface area contributed by atoms with E-state index in [0.717, 1.165) is 63.1 Å². The molecule has 2 heterocycles. The van der Waals surface area contributed by atoms with E-state index in [4.69, 9.17) is 4.84 Å². The summed E-state index contributed by atoms with van der Waals surface area (Å²) in [6.07, 6.45) is 10.2. The molecule has 2 aliphatic carbocycles. The van der Waals surface area contributed by atoms with Crippen molar-refractivity contribution in [1.29, 1.82) is 0 Å². The highest BCUT2D eigenvalue weighted by molar-refractivity contribution is 8.01. The Morgan fingerprint density at radius 1 is 0.800 bits per heavy atom. The maximum atomic E-state index is 13.0. The number of nitrogens with zero attached hydrogens (tertiary/aromatic N) is 2. The Hall–Kier alpha value is -2.23. The van der Waals surface area contributed by atoms with Gasteiger partial charge in [0.15, 0.2) is 0 Å². The van der Waals surface area contributed by atoms with Crippen molar-refractivity contribution in [2.24, 2.45) is 17.8 Å². The van der Waals surface area contributed by atoms with Crippen LogP contribution in [-0.2, 0) is 33.6 Å². The third kappa shape index (κ3) is 6.32. The summed E-state index contributed by atoms with van der Waals surface area (Å²) in [5, 5.41) is -0.193. The third-order valence-corrected chi connectivity index (χ3v) is 8.92. The van der Waals surface area contributed by atoms with Crippen LogP contribution in [0.1, 0.15) is 83.5 Å². The van der Waals surface area contributed by atoms with Crippen molar-refractivity contribution in [3.8, 4) is 0 Å². The highest BCUT2D eigenvalue weighted by atomic mass is 32.2. The summed E-state index contributed by atoms with van der Waals surface area (Å²) >= 11 is 0.997. The van der Waals surface area contributed by atoms with Crippen LogP contribution in [-0.4, -0.2) is 62.9 Å². The molecule has 4 aliphatic rings. The number of hydrogen-bond donors (Lipinski definition) is 0. The zero-order chi connectivity index (χ0) is 24.9. The van der Waals surface area contributed by atoms with E-state index in [9.17, 15) is 28.8 Å². The average molecular weight is 507 g/mol. The first-order valence-corrected chi connectivity index (χ1v) is 13.9. The number of amides is 4. The van der Waals surface area contributed by atoms with Crippen LogP contribution in [0.3, 0.4) is 0 Å². The lowest BCUT2D eigenvalue weighted by molar-refractivity contribution is -0.195. The average Bonchev–Trinajstić information content (AvgIpc) is 3.16. The van der Waals surface area contributed by atoms with E-state index in [1.165, 1.54) is 17.7 Å². The van der Waals surface area contributed by atoms with Crippen LogP contribution in [0.4, 0.5) is 0 Å². The Balaban J connectivity index is 1.20. The quantitative estimate of drug-likeness (QED) is 0.364. The summed E-state index contributed by atoms with van der Waals surface area (Å²) in [4.78, 5) is 79.6. The molecule has 4 rings (SSSR count). The molecule has 0 aromatic carbocycles. The lowest BCUT2D eigenvalue weighted by Crippen LogP contribution is -2.38. The molecule has 35 heavy (non-hydrogen) atoms. The second-order valence-electron chi connectivity index (χ2n) is 10.2. The lowest BCUT2D eigenvalue weighted by Gasteiger charge is -2.31. The number of carbonyl (C=O) groups excluding carboxylic acids is 6. The topological polar surface area (TPSA) is 118 Å². The second kappa shape index (κ2) is 11.7. The number of hydroxylamine groups is 2. The van der Waals surface area contributed by atoms with Crippen LogP contribution in [0.25, 0.3) is 0 Å². The minimum Gasteiger partial charge on any atom is -0.329 e. The second-order valence-corrected chi connectivity index (χ2v) is 11.4. The fraction of sp³-hybridized carbons (Fsp3) is 0.760. The summed E-state index contributed by atoms with van der Waals surface area (Å²) in [5.41, 5.74) is 0. The minimum absolute atomic E-state index is 0.0144. The van der Waals surface area contributed by atoms with Crippen molar-refractivity contribution < 1.29 is 33.6 Å². The van der Waals surface area contributed by atoms with Gasteiger partial charge in [-0.3, -0.25) is 28.9 Å². The van der Waals surface area contributed by atoms with Crippen molar-refractivity contribution in [1.82, 2.24) is 9.96 Å². The van der Waals surface area contributed by atoms with E-state index < -0.39 is 23.0 Å².